The minimum atomic E-state index is -4.45. The Balaban J connectivity index is 1.43. The van der Waals surface area contributed by atoms with Crippen LogP contribution in [0.4, 0.5) is 13.2 Å². The van der Waals surface area contributed by atoms with Gasteiger partial charge in [-0.3, -0.25) is 4.68 Å². The number of alkyl halides is 3. The molecule has 5 rings (SSSR count). The van der Waals surface area contributed by atoms with Crippen LogP contribution in [0.15, 0.2) is 12.4 Å². The van der Waals surface area contributed by atoms with E-state index in [1.54, 1.807) is 29.1 Å². The highest BCUT2D eigenvalue weighted by molar-refractivity contribution is 7.19. The maximum Gasteiger partial charge on any atom is 0.435 e. The van der Waals surface area contributed by atoms with E-state index in [1.807, 2.05) is 0 Å². The Morgan fingerprint density at radius 3 is 2.70 bits per heavy atom. The van der Waals surface area contributed by atoms with Crippen LogP contribution in [-0.4, -0.2) is 29.4 Å². The van der Waals surface area contributed by atoms with Crippen LogP contribution >= 0.6 is 11.3 Å². The Kier molecular flexibility index (Phi) is 5.26. The third-order valence-electron chi connectivity index (χ3n) is 7.27. The molecule has 0 saturated heterocycles. The zero-order valence-electron chi connectivity index (χ0n) is 19.2. The van der Waals surface area contributed by atoms with Gasteiger partial charge in [-0.05, 0) is 49.1 Å². The Morgan fingerprint density at radius 1 is 1.21 bits per heavy atom. The predicted octanol–water partition coefficient (Wildman–Crippen LogP) is 5.65. The molecule has 4 heterocycles. The van der Waals surface area contributed by atoms with Crippen LogP contribution in [0.1, 0.15) is 61.3 Å². The average molecular weight is 477 g/mol. The van der Waals surface area contributed by atoms with Crippen molar-refractivity contribution in [2.24, 2.45) is 11.3 Å². The molecule has 10 heteroatoms. The van der Waals surface area contributed by atoms with Gasteiger partial charge in [-0.15, -0.1) is 16.4 Å². The molecule has 0 fully saturated rings. The van der Waals surface area contributed by atoms with Gasteiger partial charge in [-0.2, -0.15) is 18.3 Å². The molecule has 0 radical (unpaired) electrons. The molecule has 176 valence electrons. The zero-order chi connectivity index (χ0) is 23.5. The second kappa shape index (κ2) is 7.78. The van der Waals surface area contributed by atoms with Crippen molar-refractivity contribution in [2.45, 2.75) is 72.5 Å². The van der Waals surface area contributed by atoms with E-state index in [-0.39, 0.29) is 6.54 Å². The second-order valence-corrected chi connectivity index (χ2v) is 10.7. The predicted molar refractivity (Wildman–Crippen MR) is 121 cm³/mol. The summed E-state index contributed by atoms with van der Waals surface area (Å²) in [7, 11) is 0. The molecule has 1 aliphatic rings. The molecule has 4 aromatic heterocycles. The smallest absolute Gasteiger partial charge is 0.269 e. The molecule has 6 nitrogen and oxygen atoms in total. The van der Waals surface area contributed by atoms with Gasteiger partial charge in [0.2, 0.25) is 0 Å². The summed E-state index contributed by atoms with van der Waals surface area (Å²) in [5.74, 6) is 1.24. The van der Waals surface area contributed by atoms with E-state index in [1.165, 1.54) is 15.1 Å². The molecule has 0 spiro atoms. The third kappa shape index (κ3) is 3.92. The third-order valence-corrected chi connectivity index (χ3v) is 8.43. The lowest BCUT2D eigenvalue weighted by molar-refractivity contribution is -0.141. The van der Waals surface area contributed by atoms with Crippen LogP contribution < -0.4 is 0 Å². The number of aromatic nitrogens is 6. The minimum absolute atomic E-state index is 0.283. The number of hydrogen-bond acceptors (Lipinski definition) is 5. The molecule has 0 N–H and O–H groups in total. The Morgan fingerprint density at radius 2 is 2.00 bits per heavy atom. The SMILES string of the molecule is CCC(C)(C)C1CCc2c(sc3ncn4nc(CCn5nc(C(F)(F)F)cc5C)nc4c23)C1. The quantitative estimate of drug-likeness (QED) is 0.374. The van der Waals surface area contributed by atoms with Crippen molar-refractivity contribution in [1.29, 1.82) is 0 Å². The monoisotopic (exact) mass is 476 g/mol. The molecular formula is C23H27F3N6S. The first kappa shape index (κ1) is 22.3. The first-order valence-electron chi connectivity index (χ1n) is 11.3. The van der Waals surface area contributed by atoms with Crippen molar-refractivity contribution in [2.75, 3.05) is 0 Å². The van der Waals surface area contributed by atoms with E-state index in [0.717, 1.165) is 47.6 Å². The maximum absolute atomic E-state index is 12.9. The molecule has 0 aliphatic heterocycles. The first-order chi connectivity index (χ1) is 15.6. The number of hydrogen-bond donors (Lipinski definition) is 0. The molecular weight excluding hydrogens is 449 g/mol. The summed E-state index contributed by atoms with van der Waals surface area (Å²) < 4.78 is 41.9. The zero-order valence-corrected chi connectivity index (χ0v) is 20.0. The van der Waals surface area contributed by atoms with E-state index in [2.05, 4.69) is 36.0 Å². The Hall–Kier alpha value is -2.49. The van der Waals surface area contributed by atoms with Crippen LogP contribution in [-0.2, 0) is 32.0 Å². The van der Waals surface area contributed by atoms with Gasteiger partial charge in [-0.25, -0.2) is 14.5 Å². The summed E-state index contributed by atoms with van der Waals surface area (Å²) in [6, 6.07) is 1.06. The van der Waals surface area contributed by atoms with Crippen molar-refractivity contribution in [3.63, 3.8) is 0 Å². The highest BCUT2D eigenvalue weighted by Gasteiger charge is 2.35. The summed E-state index contributed by atoms with van der Waals surface area (Å²) in [5.41, 5.74) is 2.03. The van der Waals surface area contributed by atoms with Gasteiger partial charge < -0.3 is 0 Å². The van der Waals surface area contributed by atoms with E-state index in [4.69, 9.17) is 4.98 Å². The van der Waals surface area contributed by atoms with Gasteiger partial charge in [0.15, 0.2) is 17.2 Å². The summed E-state index contributed by atoms with van der Waals surface area (Å²) >= 11 is 1.76. The van der Waals surface area contributed by atoms with Gasteiger partial charge in [-0.1, -0.05) is 27.2 Å². The molecule has 33 heavy (non-hydrogen) atoms. The van der Waals surface area contributed by atoms with Crippen LogP contribution in [0.5, 0.6) is 0 Å². The van der Waals surface area contributed by atoms with Gasteiger partial charge in [0.05, 0.1) is 5.39 Å². The van der Waals surface area contributed by atoms with E-state index < -0.39 is 11.9 Å². The van der Waals surface area contributed by atoms with Crippen LogP contribution in [0.3, 0.4) is 0 Å². The van der Waals surface area contributed by atoms with Gasteiger partial charge in [0.1, 0.15) is 11.2 Å². The van der Waals surface area contributed by atoms with Gasteiger partial charge in [0, 0.05) is 23.5 Å². The van der Waals surface area contributed by atoms with Crippen LogP contribution in [0.25, 0.3) is 15.9 Å². The molecule has 1 unspecified atom stereocenters. The lowest BCUT2D eigenvalue weighted by Crippen LogP contribution is -2.28. The highest BCUT2D eigenvalue weighted by Crippen LogP contribution is 2.44. The summed E-state index contributed by atoms with van der Waals surface area (Å²) in [4.78, 5) is 11.8. The highest BCUT2D eigenvalue weighted by atomic mass is 32.1. The van der Waals surface area contributed by atoms with Crippen molar-refractivity contribution in [3.05, 3.63) is 40.0 Å². The number of fused-ring (bicyclic) bond motifs is 5. The lowest BCUT2D eigenvalue weighted by atomic mass is 9.70. The Bertz CT molecular complexity index is 1330. The fraction of sp³-hybridized carbons (Fsp3) is 0.565. The average Bonchev–Trinajstić information content (AvgIpc) is 3.44. The van der Waals surface area contributed by atoms with E-state index in [9.17, 15) is 13.2 Å². The largest absolute Gasteiger partial charge is 0.435 e. The van der Waals surface area contributed by atoms with Gasteiger partial charge in [0.25, 0.3) is 0 Å². The topological polar surface area (TPSA) is 60.9 Å². The molecule has 0 bridgehead atoms. The maximum atomic E-state index is 12.9. The lowest BCUT2D eigenvalue weighted by Gasteiger charge is -2.36. The molecule has 1 aliphatic carbocycles. The van der Waals surface area contributed by atoms with E-state index >= 15 is 0 Å². The molecule has 0 aromatic carbocycles. The molecule has 0 amide bonds. The van der Waals surface area contributed by atoms with Crippen LogP contribution in [0, 0.1) is 18.3 Å². The summed E-state index contributed by atoms with van der Waals surface area (Å²) in [6.07, 6.45) is 2.03. The van der Waals surface area contributed by atoms with Crippen LogP contribution in [0.2, 0.25) is 0 Å². The van der Waals surface area contributed by atoms with Crippen molar-refractivity contribution >= 4 is 27.2 Å². The Labute approximate surface area is 193 Å². The van der Waals surface area contributed by atoms with Crippen molar-refractivity contribution in [1.82, 2.24) is 29.4 Å². The number of nitrogens with zero attached hydrogens (tertiary/aromatic N) is 6. The van der Waals surface area contributed by atoms with Crippen molar-refractivity contribution in [3.8, 4) is 0 Å². The van der Waals surface area contributed by atoms with Crippen molar-refractivity contribution < 1.29 is 13.2 Å². The number of aryl methyl sites for hydroxylation is 4. The summed E-state index contributed by atoms with van der Waals surface area (Å²) in [5, 5.41) is 9.33. The summed E-state index contributed by atoms with van der Waals surface area (Å²) in [6.45, 7) is 8.88. The molecule has 1 atom stereocenters. The number of halogens is 3. The number of rotatable bonds is 5. The minimum Gasteiger partial charge on any atom is -0.269 e. The van der Waals surface area contributed by atoms with E-state index in [0.29, 0.717) is 29.3 Å². The number of thiophene rings is 1. The fourth-order valence-corrected chi connectivity index (χ4v) is 6.02. The molecule has 4 aromatic rings. The second-order valence-electron chi connectivity index (χ2n) is 9.65. The van der Waals surface area contributed by atoms with Gasteiger partial charge >= 0.3 is 6.18 Å². The normalized spacial score (nSPS) is 17.2. The fourth-order valence-electron chi connectivity index (χ4n) is 4.76. The standard InChI is InChI=1S/C23H27F3N6S/c1-5-22(3,4)14-6-7-15-16(11-14)33-21-19(15)20-28-18(30-32(20)12-27-21)8-9-31-13(2)10-17(29-31)23(24,25)26/h10,12,14H,5-9,11H2,1-4H3. The molecule has 0 saturated carbocycles. The first-order valence-corrected chi connectivity index (χ1v) is 12.1.